The number of hydrogen-bond acceptors (Lipinski definition) is 3. The number of hydrogen-bond donors (Lipinski definition) is 1. The van der Waals surface area contributed by atoms with Gasteiger partial charge in [-0.1, -0.05) is 32.0 Å². The SMILES string of the molecule is COc1ccccc1CN(C)C(=O)C(C)C(C)C(=O)O. The van der Waals surface area contributed by atoms with E-state index in [2.05, 4.69) is 0 Å². The molecule has 0 aliphatic heterocycles. The number of carbonyl (C=O) groups excluding carboxylic acids is 1. The summed E-state index contributed by atoms with van der Waals surface area (Å²) >= 11 is 0. The van der Waals surface area contributed by atoms with Crippen LogP contribution < -0.4 is 4.74 Å². The Morgan fingerprint density at radius 3 is 2.40 bits per heavy atom. The van der Waals surface area contributed by atoms with Gasteiger partial charge in [-0.2, -0.15) is 0 Å². The molecule has 0 heterocycles. The van der Waals surface area contributed by atoms with Gasteiger partial charge in [0, 0.05) is 25.1 Å². The van der Waals surface area contributed by atoms with E-state index >= 15 is 0 Å². The van der Waals surface area contributed by atoms with Crippen LogP contribution >= 0.6 is 0 Å². The normalized spacial score (nSPS) is 13.4. The van der Waals surface area contributed by atoms with Crippen LogP contribution in [0.1, 0.15) is 19.4 Å². The number of para-hydroxylation sites is 1. The second-order valence-electron chi connectivity index (χ2n) is 4.92. The molecular formula is C15H21NO4. The summed E-state index contributed by atoms with van der Waals surface area (Å²) in [6.45, 7) is 3.57. The molecule has 20 heavy (non-hydrogen) atoms. The molecule has 1 amide bonds. The van der Waals surface area contributed by atoms with Crippen molar-refractivity contribution >= 4 is 11.9 Å². The van der Waals surface area contributed by atoms with Crippen molar-refractivity contribution in [2.75, 3.05) is 14.2 Å². The first kappa shape index (κ1) is 16.0. The Kier molecular flexibility index (Phi) is 5.55. The third-order valence-corrected chi connectivity index (χ3v) is 3.51. The average molecular weight is 279 g/mol. The van der Waals surface area contributed by atoms with Crippen LogP contribution in [0.2, 0.25) is 0 Å². The van der Waals surface area contributed by atoms with Crippen molar-refractivity contribution in [3.63, 3.8) is 0 Å². The maximum Gasteiger partial charge on any atom is 0.307 e. The highest BCUT2D eigenvalue weighted by Gasteiger charge is 2.28. The van der Waals surface area contributed by atoms with E-state index in [0.29, 0.717) is 12.3 Å². The summed E-state index contributed by atoms with van der Waals surface area (Å²) in [5.74, 6) is -1.71. The summed E-state index contributed by atoms with van der Waals surface area (Å²) in [5, 5.41) is 8.96. The Balaban J connectivity index is 2.78. The molecule has 0 aromatic heterocycles. The number of nitrogens with zero attached hydrogens (tertiary/aromatic N) is 1. The van der Waals surface area contributed by atoms with Crippen LogP contribution in [0.4, 0.5) is 0 Å². The van der Waals surface area contributed by atoms with Gasteiger partial charge in [0.05, 0.1) is 13.0 Å². The molecule has 0 fully saturated rings. The van der Waals surface area contributed by atoms with Gasteiger partial charge in [-0.3, -0.25) is 9.59 Å². The van der Waals surface area contributed by atoms with Gasteiger partial charge in [-0.25, -0.2) is 0 Å². The number of carboxylic acid groups (broad SMARTS) is 1. The van der Waals surface area contributed by atoms with E-state index in [1.165, 1.54) is 4.90 Å². The van der Waals surface area contributed by atoms with E-state index < -0.39 is 17.8 Å². The number of benzene rings is 1. The third kappa shape index (κ3) is 3.73. The second-order valence-corrected chi connectivity index (χ2v) is 4.92. The molecular weight excluding hydrogens is 258 g/mol. The topological polar surface area (TPSA) is 66.8 Å². The van der Waals surface area contributed by atoms with E-state index in [-0.39, 0.29) is 5.91 Å². The quantitative estimate of drug-likeness (QED) is 0.865. The zero-order valence-electron chi connectivity index (χ0n) is 12.3. The van der Waals surface area contributed by atoms with E-state index in [1.54, 1.807) is 28.0 Å². The predicted molar refractivity (Wildman–Crippen MR) is 75.4 cm³/mol. The molecule has 110 valence electrons. The van der Waals surface area contributed by atoms with Gasteiger partial charge in [0.1, 0.15) is 5.75 Å². The highest BCUT2D eigenvalue weighted by Crippen LogP contribution is 2.21. The highest BCUT2D eigenvalue weighted by molar-refractivity contribution is 5.84. The lowest BCUT2D eigenvalue weighted by Crippen LogP contribution is -2.36. The first-order valence-corrected chi connectivity index (χ1v) is 6.48. The molecule has 0 radical (unpaired) electrons. The van der Waals surface area contributed by atoms with Crippen molar-refractivity contribution in [2.24, 2.45) is 11.8 Å². The lowest BCUT2D eigenvalue weighted by atomic mass is 9.94. The van der Waals surface area contributed by atoms with E-state index in [1.807, 2.05) is 24.3 Å². The van der Waals surface area contributed by atoms with E-state index in [9.17, 15) is 9.59 Å². The number of rotatable bonds is 6. The van der Waals surface area contributed by atoms with Crippen molar-refractivity contribution in [1.82, 2.24) is 4.90 Å². The maximum absolute atomic E-state index is 12.2. The molecule has 5 nitrogen and oxygen atoms in total. The Labute approximate surface area is 119 Å². The largest absolute Gasteiger partial charge is 0.496 e. The van der Waals surface area contributed by atoms with Gasteiger partial charge in [0.25, 0.3) is 0 Å². The van der Waals surface area contributed by atoms with Crippen LogP contribution in [0.5, 0.6) is 5.75 Å². The number of carbonyl (C=O) groups is 2. The molecule has 2 unspecified atom stereocenters. The Hall–Kier alpha value is -2.04. The van der Waals surface area contributed by atoms with Gasteiger partial charge in [0.15, 0.2) is 0 Å². The molecule has 0 saturated carbocycles. The fourth-order valence-electron chi connectivity index (χ4n) is 1.94. The number of ether oxygens (including phenoxy) is 1. The average Bonchev–Trinajstić information content (AvgIpc) is 2.45. The van der Waals surface area contributed by atoms with Crippen molar-refractivity contribution < 1.29 is 19.4 Å². The minimum atomic E-state index is -0.962. The maximum atomic E-state index is 12.2. The summed E-state index contributed by atoms with van der Waals surface area (Å²) in [4.78, 5) is 24.7. The van der Waals surface area contributed by atoms with E-state index in [4.69, 9.17) is 9.84 Å². The first-order chi connectivity index (χ1) is 9.38. The molecule has 2 atom stereocenters. The fraction of sp³-hybridized carbons (Fsp3) is 0.467. The molecule has 5 heteroatoms. The Morgan fingerprint density at radius 1 is 1.25 bits per heavy atom. The van der Waals surface area contributed by atoms with Crippen molar-refractivity contribution in [1.29, 1.82) is 0 Å². The minimum absolute atomic E-state index is 0.189. The van der Waals surface area contributed by atoms with Crippen LogP contribution in [0.15, 0.2) is 24.3 Å². The molecule has 1 aromatic rings. The number of amides is 1. The fourth-order valence-corrected chi connectivity index (χ4v) is 1.94. The molecule has 0 aliphatic rings. The minimum Gasteiger partial charge on any atom is -0.496 e. The molecule has 0 aliphatic carbocycles. The van der Waals surface area contributed by atoms with Crippen molar-refractivity contribution in [3.8, 4) is 5.75 Å². The Morgan fingerprint density at radius 2 is 1.85 bits per heavy atom. The summed E-state index contributed by atoms with van der Waals surface area (Å²) in [7, 11) is 3.25. The summed E-state index contributed by atoms with van der Waals surface area (Å²) < 4.78 is 5.24. The molecule has 0 spiro atoms. The highest BCUT2D eigenvalue weighted by atomic mass is 16.5. The zero-order chi connectivity index (χ0) is 15.3. The van der Waals surface area contributed by atoms with Gasteiger partial charge in [-0.05, 0) is 6.07 Å². The van der Waals surface area contributed by atoms with Crippen LogP contribution in [0.25, 0.3) is 0 Å². The molecule has 1 N–H and O–H groups in total. The second kappa shape index (κ2) is 6.93. The monoisotopic (exact) mass is 279 g/mol. The van der Waals surface area contributed by atoms with Crippen molar-refractivity contribution in [2.45, 2.75) is 20.4 Å². The lowest BCUT2D eigenvalue weighted by molar-refractivity contribution is -0.148. The standard InChI is InChI=1S/C15H21NO4/c1-10(11(2)15(18)19)14(17)16(3)9-12-7-5-6-8-13(12)20-4/h5-8,10-11H,9H2,1-4H3,(H,18,19). The number of methoxy groups -OCH3 is 1. The van der Waals surface area contributed by atoms with Gasteiger partial charge in [0.2, 0.25) is 5.91 Å². The Bertz CT molecular complexity index is 487. The number of carboxylic acids is 1. The number of aliphatic carboxylic acids is 1. The van der Waals surface area contributed by atoms with Crippen LogP contribution in [0.3, 0.4) is 0 Å². The van der Waals surface area contributed by atoms with Gasteiger partial charge >= 0.3 is 5.97 Å². The molecule has 1 rings (SSSR count). The van der Waals surface area contributed by atoms with Crippen LogP contribution in [0, 0.1) is 11.8 Å². The molecule has 0 bridgehead atoms. The summed E-state index contributed by atoms with van der Waals surface area (Å²) in [6.07, 6.45) is 0. The first-order valence-electron chi connectivity index (χ1n) is 6.48. The van der Waals surface area contributed by atoms with Crippen molar-refractivity contribution in [3.05, 3.63) is 29.8 Å². The summed E-state index contributed by atoms with van der Waals surface area (Å²) in [5.41, 5.74) is 0.890. The molecule has 1 aromatic carbocycles. The van der Waals surface area contributed by atoms with Gasteiger partial charge in [-0.15, -0.1) is 0 Å². The molecule has 0 saturated heterocycles. The predicted octanol–water partition coefficient (Wildman–Crippen LogP) is 2.01. The van der Waals surface area contributed by atoms with Crippen LogP contribution in [-0.2, 0) is 16.1 Å². The smallest absolute Gasteiger partial charge is 0.307 e. The van der Waals surface area contributed by atoms with Crippen LogP contribution in [-0.4, -0.2) is 36.0 Å². The van der Waals surface area contributed by atoms with Gasteiger partial charge < -0.3 is 14.7 Å². The third-order valence-electron chi connectivity index (χ3n) is 3.51. The van der Waals surface area contributed by atoms with E-state index in [0.717, 1.165) is 5.56 Å². The zero-order valence-corrected chi connectivity index (χ0v) is 12.3. The lowest BCUT2D eigenvalue weighted by Gasteiger charge is -2.24. The summed E-state index contributed by atoms with van der Waals surface area (Å²) in [6, 6.07) is 7.45.